The van der Waals surface area contributed by atoms with Crippen LogP contribution in [0.15, 0.2) is 18.2 Å². The monoisotopic (exact) mass is 446 g/mol. The number of hydrogen-bond acceptors (Lipinski definition) is 7. The van der Waals surface area contributed by atoms with Gasteiger partial charge in [0, 0.05) is 11.3 Å². The number of ether oxygens (including phenoxy) is 1. The van der Waals surface area contributed by atoms with Crippen LogP contribution in [0.5, 0.6) is 5.75 Å². The van der Waals surface area contributed by atoms with Crippen molar-refractivity contribution in [1.29, 1.82) is 0 Å². The summed E-state index contributed by atoms with van der Waals surface area (Å²) < 4.78 is 31.9. The zero-order valence-corrected chi connectivity index (χ0v) is 18.2. The van der Waals surface area contributed by atoms with Gasteiger partial charge in [-0.3, -0.25) is 14.8 Å². The molecule has 1 saturated heterocycles. The van der Waals surface area contributed by atoms with Crippen molar-refractivity contribution in [2.75, 3.05) is 23.9 Å². The quantitative estimate of drug-likeness (QED) is 0.661. The van der Waals surface area contributed by atoms with Crippen LogP contribution in [0.2, 0.25) is 0 Å². The molecular formula is C20H22N4O4S2. The van der Waals surface area contributed by atoms with Gasteiger partial charge in [0.15, 0.2) is 20.7 Å². The van der Waals surface area contributed by atoms with E-state index in [1.165, 1.54) is 11.3 Å². The van der Waals surface area contributed by atoms with Crippen molar-refractivity contribution in [3.63, 3.8) is 0 Å². The standard InChI is InChI=1S/C20H22N4O4S2/c1-28-13-6-7-15-17(10-13)29-20(21-15)22-19(25)18-14-4-2-3-5-16(14)24(23-18)12-8-9-30(26,27)11-12/h6-7,10,12H,2-5,8-9,11H2,1H3,(H,21,22,25)/t12-/m1/s1. The highest BCUT2D eigenvalue weighted by Gasteiger charge is 2.34. The number of amides is 1. The number of anilines is 1. The number of benzene rings is 1. The maximum atomic E-state index is 13.1. The molecule has 0 radical (unpaired) electrons. The van der Waals surface area contributed by atoms with Gasteiger partial charge in [0.25, 0.3) is 5.91 Å². The molecule has 10 heteroatoms. The third kappa shape index (κ3) is 3.47. The van der Waals surface area contributed by atoms with Crippen molar-refractivity contribution < 1.29 is 17.9 Å². The van der Waals surface area contributed by atoms with Crippen molar-refractivity contribution in [1.82, 2.24) is 14.8 Å². The first kappa shape index (κ1) is 19.5. The zero-order chi connectivity index (χ0) is 20.9. The summed E-state index contributed by atoms with van der Waals surface area (Å²) in [6, 6.07) is 5.40. The van der Waals surface area contributed by atoms with E-state index in [0.29, 0.717) is 17.2 Å². The number of hydrogen-bond donors (Lipinski definition) is 1. The normalized spacial score (nSPS) is 20.2. The third-order valence-corrected chi connectivity index (χ3v) is 8.48. The number of nitrogens with one attached hydrogen (secondary N) is 1. The van der Waals surface area contributed by atoms with Crippen LogP contribution in [0.1, 0.15) is 47.1 Å². The molecule has 8 nitrogen and oxygen atoms in total. The van der Waals surface area contributed by atoms with Gasteiger partial charge in [-0.15, -0.1) is 0 Å². The minimum Gasteiger partial charge on any atom is -0.497 e. The topological polar surface area (TPSA) is 103 Å². The molecule has 1 N–H and O–H groups in total. The van der Waals surface area contributed by atoms with Gasteiger partial charge in [-0.25, -0.2) is 13.4 Å². The Balaban J connectivity index is 1.45. The molecule has 3 heterocycles. The van der Waals surface area contributed by atoms with Crippen LogP contribution in [-0.4, -0.2) is 47.7 Å². The van der Waals surface area contributed by atoms with E-state index < -0.39 is 9.84 Å². The highest BCUT2D eigenvalue weighted by molar-refractivity contribution is 7.91. The molecule has 0 bridgehead atoms. The van der Waals surface area contributed by atoms with E-state index >= 15 is 0 Å². The van der Waals surface area contributed by atoms with Crippen molar-refractivity contribution in [2.45, 2.75) is 38.1 Å². The zero-order valence-electron chi connectivity index (χ0n) is 16.6. The molecule has 0 unspecified atom stereocenters. The predicted octanol–water partition coefficient (Wildman–Crippen LogP) is 2.99. The van der Waals surface area contributed by atoms with Crippen LogP contribution < -0.4 is 10.1 Å². The summed E-state index contributed by atoms with van der Waals surface area (Å²) in [4.78, 5) is 17.6. The molecule has 30 heavy (non-hydrogen) atoms. The van der Waals surface area contributed by atoms with E-state index in [9.17, 15) is 13.2 Å². The lowest BCUT2D eigenvalue weighted by Crippen LogP contribution is -2.17. The SMILES string of the molecule is COc1ccc2nc(NC(=O)c3nn([C@@H]4CCS(=O)(=O)C4)c4c3CCCC4)sc2c1. The van der Waals surface area contributed by atoms with Gasteiger partial charge < -0.3 is 4.74 Å². The Morgan fingerprint density at radius 2 is 2.13 bits per heavy atom. The number of carbonyl (C=O) groups excluding carboxylic acids is 1. The van der Waals surface area contributed by atoms with Crippen LogP contribution in [0.4, 0.5) is 5.13 Å². The smallest absolute Gasteiger partial charge is 0.278 e. The predicted molar refractivity (Wildman–Crippen MR) is 115 cm³/mol. The van der Waals surface area contributed by atoms with Crippen molar-refractivity contribution >= 4 is 42.4 Å². The summed E-state index contributed by atoms with van der Waals surface area (Å²) in [5.74, 6) is 0.729. The first-order valence-electron chi connectivity index (χ1n) is 10.00. The molecule has 0 spiro atoms. The van der Waals surface area contributed by atoms with Crippen LogP contribution in [0, 0.1) is 0 Å². The Hall–Kier alpha value is -2.46. The maximum Gasteiger partial charge on any atom is 0.278 e. The summed E-state index contributed by atoms with van der Waals surface area (Å²) in [7, 11) is -1.42. The van der Waals surface area contributed by atoms with E-state index in [0.717, 1.165) is 52.9 Å². The first-order valence-corrected chi connectivity index (χ1v) is 12.6. The van der Waals surface area contributed by atoms with E-state index in [4.69, 9.17) is 4.74 Å². The number of thiazole rings is 1. The molecule has 1 aliphatic carbocycles. The number of methoxy groups -OCH3 is 1. The van der Waals surface area contributed by atoms with E-state index in [1.807, 2.05) is 22.9 Å². The molecule has 1 atom stereocenters. The Labute approximate surface area is 178 Å². The van der Waals surface area contributed by atoms with Crippen molar-refractivity contribution in [3.8, 4) is 5.75 Å². The van der Waals surface area contributed by atoms with Gasteiger partial charge in [0.05, 0.1) is 34.9 Å². The molecule has 1 aliphatic heterocycles. The lowest BCUT2D eigenvalue weighted by Gasteiger charge is -2.17. The lowest BCUT2D eigenvalue weighted by atomic mass is 9.95. The Morgan fingerprint density at radius 1 is 1.30 bits per heavy atom. The molecular weight excluding hydrogens is 424 g/mol. The highest BCUT2D eigenvalue weighted by Crippen LogP contribution is 2.33. The van der Waals surface area contributed by atoms with E-state index in [-0.39, 0.29) is 23.5 Å². The minimum atomic E-state index is -3.03. The van der Waals surface area contributed by atoms with Gasteiger partial charge in [-0.1, -0.05) is 11.3 Å². The van der Waals surface area contributed by atoms with Crippen LogP contribution in [0.3, 0.4) is 0 Å². The van der Waals surface area contributed by atoms with Gasteiger partial charge in [0.2, 0.25) is 0 Å². The molecule has 1 fully saturated rings. The summed E-state index contributed by atoms with van der Waals surface area (Å²) in [5.41, 5.74) is 3.15. The lowest BCUT2D eigenvalue weighted by molar-refractivity contribution is 0.102. The fourth-order valence-electron chi connectivity index (χ4n) is 4.32. The Morgan fingerprint density at radius 3 is 2.90 bits per heavy atom. The van der Waals surface area contributed by atoms with E-state index in [2.05, 4.69) is 15.4 Å². The number of fused-ring (bicyclic) bond motifs is 2. The van der Waals surface area contributed by atoms with Crippen molar-refractivity contribution in [2.24, 2.45) is 0 Å². The highest BCUT2D eigenvalue weighted by atomic mass is 32.2. The molecule has 2 aliphatic rings. The number of rotatable bonds is 4. The Bertz CT molecular complexity index is 1250. The average Bonchev–Trinajstić information content (AvgIpc) is 3.41. The van der Waals surface area contributed by atoms with Crippen LogP contribution in [-0.2, 0) is 22.7 Å². The van der Waals surface area contributed by atoms with Gasteiger partial charge in [0.1, 0.15) is 5.75 Å². The van der Waals surface area contributed by atoms with Gasteiger partial charge in [-0.05, 0) is 50.3 Å². The second kappa shape index (κ2) is 7.35. The molecule has 158 valence electrons. The van der Waals surface area contributed by atoms with Gasteiger partial charge in [-0.2, -0.15) is 5.10 Å². The average molecular weight is 447 g/mol. The summed E-state index contributed by atoms with van der Waals surface area (Å²) in [5, 5.41) is 8.01. The van der Waals surface area contributed by atoms with Crippen LogP contribution in [0.25, 0.3) is 10.2 Å². The van der Waals surface area contributed by atoms with Gasteiger partial charge >= 0.3 is 0 Å². The van der Waals surface area contributed by atoms with E-state index in [1.54, 1.807) is 7.11 Å². The minimum absolute atomic E-state index is 0.0991. The molecule has 1 aromatic carbocycles. The van der Waals surface area contributed by atoms with Crippen molar-refractivity contribution in [3.05, 3.63) is 35.2 Å². The summed E-state index contributed by atoms with van der Waals surface area (Å²) >= 11 is 1.38. The molecule has 0 saturated carbocycles. The third-order valence-electron chi connectivity index (χ3n) is 5.79. The first-order chi connectivity index (χ1) is 14.4. The summed E-state index contributed by atoms with van der Waals surface area (Å²) in [6.45, 7) is 0. The molecule has 2 aromatic heterocycles. The fourth-order valence-corrected chi connectivity index (χ4v) is 6.90. The molecule has 5 rings (SSSR count). The molecule has 1 amide bonds. The summed E-state index contributed by atoms with van der Waals surface area (Å²) in [6.07, 6.45) is 4.20. The number of nitrogens with zero attached hydrogens (tertiary/aromatic N) is 3. The largest absolute Gasteiger partial charge is 0.497 e. The maximum absolute atomic E-state index is 13.1. The number of carbonyl (C=O) groups is 1. The fraction of sp³-hybridized carbons (Fsp3) is 0.450. The Kier molecular flexibility index (Phi) is 4.78. The van der Waals surface area contributed by atoms with Crippen LogP contribution >= 0.6 is 11.3 Å². The molecule has 3 aromatic rings. The second-order valence-electron chi connectivity index (χ2n) is 7.79. The number of sulfone groups is 1. The number of aromatic nitrogens is 3. The second-order valence-corrected chi connectivity index (χ2v) is 11.0.